The average molecular weight is 257 g/mol. The maximum Gasteiger partial charge on any atom is 0.240 e. The van der Waals surface area contributed by atoms with Gasteiger partial charge in [-0.25, -0.2) is 0 Å². The standard InChI is InChI=1S/C5H8INOS/c6-4(5(7)8)9-3-1-2-3/h3-4H,1-2H2,(H2,7,8)/t4-/m0/s1. The number of nitrogens with two attached hydrogens (primary N) is 1. The molecule has 1 aliphatic carbocycles. The van der Waals surface area contributed by atoms with Crippen molar-refractivity contribution < 1.29 is 4.79 Å². The van der Waals surface area contributed by atoms with Gasteiger partial charge in [-0.2, -0.15) is 0 Å². The van der Waals surface area contributed by atoms with E-state index in [0.717, 1.165) is 5.25 Å². The highest BCUT2D eigenvalue weighted by Gasteiger charge is 2.26. The second-order valence-corrected chi connectivity index (χ2v) is 5.55. The molecular formula is C5H8INOS. The van der Waals surface area contributed by atoms with Crippen molar-refractivity contribution in [3.8, 4) is 0 Å². The van der Waals surface area contributed by atoms with Crippen molar-refractivity contribution in [3.63, 3.8) is 0 Å². The molecule has 2 N–H and O–H groups in total. The fourth-order valence-electron chi connectivity index (χ4n) is 0.440. The van der Waals surface area contributed by atoms with Crippen molar-refractivity contribution in [2.24, 2.45) is 5.73 Å². The molecule has 0 heterocycles. The molecule has 0 saturated heterocycles. The number of hydrogen-bond donors (Lipinski definition) is 1. The van der Waals surface area contributed by atoms with E-state index in [-0.39, 0.29) is 9.16 Å². The molecule has 1 fully saturated rings. The monoisotopic (exact) mass is 257 g/mol. The third-order valence-corrected chi connectivity index (χ3v) is 3.88. The van der Waals surface area contributed by atoms with Crippen LogP contribution in [-0.4, -0.2) is 14.4 Å². The highest BCUT2D eigenvalue weighted by molar-refractivity contribution is 14.1. The van der Waals surface area contributed by atoms with Gasteiger partial charge in [0, 0.05) is 5.25 Å². The van der Waals surface area contributed by atoms with Gasteiger partial charge in [0.25, 0.3) is 0 Å². The molecule has 0 spiro atoms. The molecule has 0 aromatic rings. The maximum absolute atomic E-state index is 10.5. The first-order valence-electron chi connectivity index (χ1n) is 2.79. The molecule has 1 saturated carbocycles. The van der Waals surface area contributed by atoms with Crippen LogP contribution in [0.2, 0.25) is 0 Å². The van der Waals surface area contributed by atoms with Crippen LogP contribution in [0.5, 0.6) is 0 Å². The van der Waals surface area contributed by atoms with E-state index in [1.807, 2.05) is 0 Å². The zero-order valence-corrected chi connectivity index (χ0v) is 7.81. The summed E-state index contributed by atoms with van der Waals surface area (Å²) in [6, 6.07) is 0. The molecule has 0 radical (unpaired) electrons. The molecule has 0 aromatic heterocycles. The van der Waals surface area contributed by atoms with Gasteiger partial charge < -0.3 is 5.73 Å². The summed E-state index contributed by atoms with van der Waals surface area (Å²) >= 11 is 3.76. The highest BCUT2D eigenvalue weighted by Crippen LogP contribution is 2.38. The predicted molar refractivity (Wildman–Crippen MR) is 47.6 cm³/mol. The summed E-state index contributed by atoms with van der Waals surface area (Å²) in [5.74, 6) is -0.201. The lowest BCUT2D eigenvalue weighted by molar-refractivity contribution is -0.115. The zero-order valence-electron chi connectivity index (χ0n) is 4.84. The number of primary amides is 1. The van der Waals surface area contributed by atoms with Gasteiger partial charge in [-0.15, -0.1) is 11.8 Å². The van der Waals surface area contributed by atoms with Crippen molar-refractivity contribution in [2.75, 3.05) is 0 Å². The summed E-state index contributed by atoms with van der Waals surface area (Å²) in [5, 5.41) is 0.722. The van der Waals surface area contributed by atoms with Crippen molar-refractivity contribution in [3.05, 3.63) is 0 Å². The molecule has 4 heteroatoms. The minimum absolute atomic E-state index is 0.0184. The maximum atomic E-state index is 10.5. The van der Waals surface area contributed by atoms with Gasteiger partial charge in [0.15, 0.2) is 0 Å². The Morgan fingerprint density at radius 1 is 1.78 bits per heavy atom. The number of halogens is 1. The van der Waals surface area contributed by atoms with Crippen molar-refractivity contribution in [1.82, 2.24) is 0 Å². The van der Waals surface area contributed by atoms with Crippen molar-refractivity contribution in [2.45, 2.75) is 21.3 Å². The average Bonchev–Trinajstić information content (AvgIpc) is 2.50. The zero-order chi connectivity index (χ0) is 6.85. The molecule has 0 bridgehead atoms. The van der Waals surface area contributed by atoms with E-state index in [1.165, 1.54) is 12.8 Å². The van der Waals surface area contributed by atoms with Crippen LogP contribution in [-0.2, 0) is 4.79 Å². The summed E-state index contributed by atoms with van der Waals surface area (Å²) in [6.07, 6.45) is 2.52. The molecule has 1 amide bonds. The van der Waals surface area contributed by atoms with E-state index in [2.05, 4.69) is 22.6 Å². The Bertz CT molecular complexity index is 126. The summed E-state index contributed by atoms with van der Waals surface area (Å²) in [5.41, 5.74) is 5.04. The SMILES string of the molecule is NC(=O)[C@@H](I)SC1CC1. The van der Waals surface area contributed by atoms with E-state index < -0.39 is 0 Å². The Balaban J connectivity index is 2.16. The molecular weight excluding hydrogens is 249 g/mol. The van der Waals surface area contributed by atoms with Crippen LogP contribution >= 0.6 is 34.4 Å². The number of rotatable bonds is 3. The second kappa shape index (κ2) is 3.09. The van der Waals surface area contributed by atoms with Gasteiger partial charge in [-0.3, -0.25) is 4.79 Å². The summed E-state index contributed by atoms with van der Waals surface area (Å²) < 4.78 is -0.0184. The van der Waals surface area contributed by atoms with Crippen LogP contribution in [0, 0.1) is 0 Å². The lowest BCUT2D eigenvalue weighted by Crippen LogP contribution is -2.20. The van der Waals surface area contributed by atoms with Crippen LogP contribution in [0.1, 0.15) is 12.8 Å². The first-order valence-corrected chi connectivity index (χ1v) is 4.98. The molecule has 52 valence electrons. The summed E-state index contributed by atoms with van der Waals surface area (Å²) in [4.78, 5) is 10.5. The molecule has 0 unspecified atom stereocenters. The number of hydrogen-bond acceptors (Lipinski definition) is 2. The molecule has 1 atom stereocenters. The van der Waals surface area contributed by atoms with Crippen LogP contribution in [0.4, 0.5) is 0 Å². The molecule has 9 heavy (non-hydrogen) atoms. The Kier molecular flexibility index (Phi) is 2.63. The Hall–Kier alpha value is 0.550. The van der Waals surface area contributed by atoms with Crippen molar-refractivity contribution >= 4 is 40.3 Å². The minimum Gasteiger partial charge on any atom is -0.368 e. The third kappa shape index (κ3) is 2.75. The van der Waals surface area contributed by atoms with E-state index in [4.69, 9.17) is 5.73 Å². The van der Waals surface area contributed by atoms with E-state index in [1.54, 1.807) is 11.8 Å². The molecule has 1 rings (SSSR count). The van der Waals surface area contributed by atoms with E-state index in [9.17, 15) is 4.79 Å². The second-order valence-electron chi connectivity index (χ2n) is 2.05. The van der Waals surface area contributed by atoms with Gasteiger partial charge in [0.05, 0.1) is 0 Å². The van der Waals surface area contributed by atoms with Gasteiger partial charge in [-0.05, 0) is 12.8 Å². The molecule has 2 nitrogen and oxygen atoms in total. The lowest BCUT2D eigenvalue weighted by atomic mass is 10.8. The first-order chi connectivity index (χ1) is 4.20. The largest absolute Gasteiger partial charge is 0.368 e. The van der Waals surface area contributed by atoms with E-state index in [0.29, 0.717) is 0 Å². The third-order valence-electron chi connectivity index (χ3n) is 1.06. The van der Waals surface area contributed by atoms with Crippen LogP contribution in [0.15, 0.2) is 0 Å². The minimum atomic E-state index is -0.201. The normalized spacial score (nSPS) is 21.4. The smallest absolute Gasteiger partial charge is 0.240 e. The number of thioether (sulfide) groups is 1. The Labute approximate surface area is 72.1 Å². The fraction of sp³-hybridized carbons (Fsp3) is 0.800. The van der Waals surface area contributed by atoms with Crippen molar-refractivity contribution in [1.29, 1.82) is 0 Å². The van der Waals surface area contributed by atoms with Gasteiger partial charge in [-0.1, -0.05) is 22.6 Å². The quantitative estimate of drug-likeness (QED) is 0.608. The molecule has 0 aliphatic heterocycles. The lowest BCUT2D eigenvalue weighted by Gasteiger charge is -2.01. The number of amides is 1. The number of alkyl halides is 1. The van der Waals surface area contributed by atoms with Crippen LogP contribution < -0.4 is 5.73 Å². The Morgan fingerprint density at radius 3 is 2.67 bits per heavy atom. The first kappa shape index (κ1) is 7.65. The summed E-state index contributed by atoms with van der Waals surface area (Å²) in [6.45, 7) is 0. The van der Waals surface area contributed by atoms with E-state index >= 15 is 0 Å². The topological polar surface area (TPSA) is 43.1 Å². The summed E-state index contributed by atoms with van der Waals surface area (Å²) in [7, 11) is 0. The molecule has 0 aromatic carbocycles. The highest BCUT2D eigenvalue weighted by atomic mass is 127. The van der Waals surface area contributed by atoms with Gasteiger partial charge >= 0.3 is 0 Å². The number of carbonyl (C=O) groups excluding carboxylic acids is 1. The van der Waals surface area contributed by atoms with Crippen LogP contribution in [0.3, 0.4) is 0 Å². The predicted octanol–water partition coefficient (Wildman–Crippen LogP) is 1.13. The fourth-order valence-corrected chi connectivity index (χ4v) is 2.57. The van der Waals surface area contributed by atoms with Crippen LogP contribution in [0.25, 0.3) is 0 Å². The van der Waals surface area contributed by atoms with Gasteiger partial charge in [0.2, 0.25) is 5.91 Å². The Morgan fingerprint density at radius 2 is 2.33 bits per heavy atom. The van der Waals surface area contributed by atoms with Gasteiger partial charge in [0.1, 0.15) is 3.26 Å². The molecule has 1 aliphatic rings. The number of carbonyl (C=O) groups is 1.